The van der Waals surface area contributed by atoms with E-state index in [0.29, 0.717) is 16.1 Å². The number of ether oxygens (including phenoxy) is 1. The van der Waals surface area contributed by atoms with Gasteiger partial charge < -0.3 is 15.0 Å². The molecule has 172 valence electrons. The van der Waals surface area contributed by atoms with Crippen molar-refractivity contribution in [3.05, 3.63) is 58.6 Å². The van der Waals surface area contributed by atoms with E-state index in [4.69, 9.17) is 21.6 Å². The Morgan fingerprint density at radius 1 is 1.09 bits per heavy atom. The highest BCUT2D eigenvalue weighted by atomic mass is 35.5. The third kappa shape index (κ3) is 5.15. The van der Waals surface area contributed by atoms with Crippen LogP contribution in [0, 0.1) is 11.3 Å². The number of benzene rings is 2. The molecule has 0 aliphatic carbocycles. The zero-order valence-corrected chi connectivity index (χ0v) is 19.9. The molecule has 2 saturated heterocycles. The molecule has 0 radical (unpaired) electrons. The van der Waals surface area contributed by atoms with E-state index in [2.05, 4.69) is 11.4 Å². The van der Waals surface area contributed by atoms with Gasteiger partial charge in [-0.15, -0.1) is 0 Å². The van der Waals surface area contributed by atoms with Crippen molar-refractivity contribution < 1.29 is 14.3 Å². The Hall–Kier alpha value is -3.04. The van der Waals surface area contributed by atoms with Gasteiger partial charge in [0.05, 0.1) is 11.6 Å². The molecule has 33 heavy (non-hydrogen) atoms. The van der Waals surface area contributed by atoms with E-state index >= 15 is 0 Å². The largest absolute Gasteiger partial charge is 0.444 e. The van der Waals surface area contributed by atoms with E-state index < -0.39 is 11.7 Å². The minimum absolute atomic E-state index is 0.000766. The van der Waals surface area contributed by atoms with Crippen LogP contribution in [0.5, 0.6) is 0 Å². The van der Waals surface area contributed by atoms with E-state index in [9.17, 15) is 9.59 Å². The van der Waals surface area contributed by atoms with Crippen molar-refractivity contribution in [2.75, 3.05) is 0 Å². The van der Waals surface area contributed by atoms with Crippen LogP contribution >= 0.6 is 11.6 Å². The lowest BCUT2D eigenvalue weighted by Crippen LogP contribution is -2.53. The van der Waals surface area contributed by atoms with Gasteiger partial charge in [-0.3, -0.25) is 4.79 Å². The molecule has 1 unspecified atom stereocenters. The number of rotatable bonds is 3. The first-order valence-corrected chi connectivity index (χ1v) is 11.6. The number of fused-ring (bicyclic) bond motifs is 2. The predicted octanol–water partition coefficient (Wildman–Crippen LogP) is 5.54. The smallest absolute Gasteiger partial charge is 0.407 e. The number of halogens is 1. The van der Waals surface area contributed by atoms with Gasteiger partial charge >= 0.3 is 6.09 Å². The van der Waals surface area contributed by atoms with Crippen LogP contribution in [0.2, 0.25) is 5.02 Å². The van der Waals surface area contributed by atoms with Crippen LogP contribution in [-0.2, 0) is 4.74 Å². The fraction of sp³-hybridized carbons (Fsp3) is 0.423. The Morgan fingerprint density at radius 3 is 2.30 bits per heavy atom. The molecule has 4 rings (SSSR count). The molecule has 0 saturated carbocycles. The number of amides is 2. The standard InChI is InChI=1S/C26H28ClN3O3/c1-26(2,3)33-25(32)29-19-13-20-9-10-21(14-19)30(20)24(31)18-8-11-23(27)22(12-18)17-6-4-16(15-28)5-7-17/h4-8,11-12,19-21H,9-10,13-14H2,1-3H3,(H,29,32)/t19?,20-,21+. The third-order valence-corrected chi connectivity index (χ3v) is 6.56. The number of carbonyl (C=O) groups is 2. The summed E-state index contributed by atoms with van der Waals surface area (Å²) in [7, 11) is 0. The monoisotopic (exact) mass is 465 g/mol. The van der Waals surface area contributed by atoms with Crippen molar-refractivity contribution in [1.29, 1.82) is 5.26 Å². The molecule has 2 aromatic carbocycles. The van der Waals surface area contributed by atoms with Gasteiger partial charge in [0.25, 0.3) is 5.91 Å². The maximum absolute atomic E-state index is 13.5. The molecule has 6 nitrogen and oxygen atoms in total. The van der Waals surface area contributed by atoms with Gasteiger partial charge in [-0.05, 0) is 82.3 Å². The molecule has 3 atom stereocenters. The highest BCUT2D eigenvalue weighted by Gasteiger charge is 2.44. The zero-order valence-electron chi connectivity index (χ0n) is 19.1. The predicted molar refractivity (Wildman–Crippen MR) is 127 cm³/mol. The number of alkyl carbamates (subject to hydrolysis) is 1. The first-order chi connectivity index (χ1) is 15.6. The first kappa shape index (κ1) is 23.1. The van der Waals surface area contributed by atoms with Crippen molar-refractivity contribution in [2.45, 2.75) is 70.2 Å². The molecule has 7 heteroatoms. The van der Waals surface area contributed by atoms with Crippen molar-refractivity contribution in [2.24, 2.45) is 0 Å². The van der Waals surface area contributed by atoms with Crippen LogP contribution in [0.4, 0.5) is 4.79 Å². The zero-order chi connectivity index (χ0) is 23.8. The second-order valence-corrected chi connectivity index (χ2v) is 10.2. The molecular formula is C26H28ClN3O3. The Labute approximate surface area is 199 Å². The molecule has 2 heterocycles. The minimum atomic E-state index is -0.541. The molecule has 0 spiro atoms. The highest BCUT2D eigenvalue weighted by molar-refractivity contribution is 6.33. The Morgan fingerprint density at radius 2 is 1.73 bits per heavy atom. The summed E-state index contributed by atoms with van der Waals surface area (Å²) >= 11 is 6.44. The quantitative estimate of drug-likeness (QED) is 0.645. The Kier molecular flexibility index (Phi) is 6.36. The van der Waals surface area contributed by atoms with Crippen molar-refractivity contribution in [1.82, 2.24) is 10.2 Å². The van der Waals surface area contributed by atoms with Gasteiger partial charge in [-0.25, -0.2) is 4.79 Å². The topological polar surface area (TPSA) is 82.4 Å². The van der Waals surface area contributed by atoms with E-state index in [1.54, 1.807) is 24.3 Å². The second-order valence-electron chi connectivity index (χ2n) is 9.80. The summed E-state index contributed by atoms with van der Waals surface area (Å²) in [4.78, 5) is 27.7. The third-order valence-electron chi connectivity index (χ3n) is 6.23. The summed E-state index contributed by atoms with van der Waals surface area (Å²) in [5.41, 5.74) is 2.24. The van der Waals surface area contributed by atoms with E-state index in [-0.39, 0.29) is 24.0 Å². The van der Waals surface area contributed by atoms with Crippen LogP contribution in [0.25, 0.3) is 11.1 Å². The highest BCUT2D eigenvalue weighted by Crippen LogP contribution is 2.38. The number of carbonyl (C=O) groups excluding carboxylic acids is 2. The lowest BCUT2D eigenvalue weighted by molar-refractivity contribution is 0.0418. The minimum Gasteiger partial charge on any atom is -0.444 e. The summed E-state index contributed by atoms with van der Waals surface area (Å²) in [6, 6.07) is 14.8. The molecule has 2 fully saturated rings. The number of nitrogens with one attached hydrogen (secondary N) is 1. The van der Waals surface area contributed by atoms with Crippen LogP contribution in [0.1, 0.15) is 62.4 Å². The molecule has 2 aromatic rings. The normalized spacial score (nSPS) is 21.9. The van der Waals surface area contributed by atoms with Gasteiger partial charge in [-0.1, -0.05) is 23.7 Å². The number of hydrogen-bond acceptors (Lipinski definition) is 4. The second kappa shape index (κ2) is 9.07. The Balaban J connectivity index is 1.49. The molecule has 2 bridgehead atoms. The van der Waals surface area contributed by atoms with Crippen molar-refractivity contribution in [3.8, 4) is 17.2 Å². The fourth-order valence-electron chi connectivity index (χ4n) is 4.85. The fourth-order valence-corrected chi connectivity index (χ4v) is 5.08. The summed E-state index contributed by atoms with van der Waals surface area (Å²) in [5, 5.41) is 12.6. The van der Waals surface area contributed by atoms with Crippen molar-refractivity contribution >= 4 is 23.6 Å². The maximum atomic E-state index is 13.5. The average molecular weight is 466 g/mol. The van der Waals surface area contributed by atoms with Gasteiger partial charge in [0.1, 0.15) is 5.60 Å². The molecule has 2 aliphatic rings. The van der Waals surface area contributed by atoms with Crippen LogP contribution in [0.15, 0.2) is 42.5 Å². The van der Waals surface area contributed by atoms with E-state index in [1.807, 2.05) is 43.9 Å². The van der Waals surface area contributed by atoms with Gasteiger partial charge in [0.2, 0.25) is 0 Å². The average Bonchev–Trinajstić information content (AvgIpc) is 3.02. The molecule has 1 N–H and O–H groups in total. The molecular weight excluding hydrogens is 438 g/mol. The molecule has 0 aromatic heterocycles. The number of nitriles is 1. The Bertz CT molecular complexity index is 1090. The lowest BCUT2D eigenvalue weighted by atomic mass is 9.95. The number of hydrogen-bond donors (Lipinski definition) is 1. The lowest BCUT2D eigenvalue weighted by Gasteiger charge is -2.39. The van der Waals surface area contributed by atoms with E-state index in [1.165, 1.54) is 0 Å². The van der Waals surface area contributed by atoms with Gasteiger partial charge in [-0.2, -0.15) is 5.26 Å². The summed E-state index contributed by atoms with van der Waals surface area (Å²) in [6.45, 7) is 5.53. The van der Waals surface area contributed by atoms with E-state index in [0.717, 1.165) is 36.8 Å². The van der Waals surface area contributed by atoms with Crippen molar-refractivity contribution in [3.63, 3.8) is 0 Å². The van der Waals surface area contributed by atoms with Crippen LogP contribution in [0.3, 0.4) is 0 Å². The molecule has 2 amide bonds. The summed E-state index contributed by atoms with van der Waals surface area (Å²) < 4.78 is 5.40. The molecule has 2 aliphatic heterocycles. The van der Waals surface area contributed by atoms with Gasteiger partial charge in [0, 0.05) is 34.3 Å². The summed E-state index contributed by atoms with van der Waals surface area (Å²) in [5.74, 6) is -0.00946. The summed E-state index contributed by atoms with van der Waals surface area (Å²) in [6.07, 6.45) is 2.89. The SMILES string of the molecule is CC(C)(C)OC(=O)NC1C[C@H]2CC[C@@H](C1)N2C(=O)c1ccc(Cl)c(-c2ccc(C#N)cc2)c1. The maximum Gasteiger partial charge on any atom is 0.407 e. The van der Waals surface area contributed by atoms with Crippen LogP contribution < -0.4 is 5.32 Å². The number of nitrogens with zero attached hydrogens (tertiary/aromatic N) is 2. The number of piperidine rings is 1. The van der Waals surface area contributed by atoms with Crippen LogP contribution in [-0.4, -0.2) is 40.6 Å². The first-order valence-electron chi connectivity index (χ1n) is 11.3. The van der Waals surface area contributed by atoms with Gasteiger partial charge in [0.15, 0.2) is 0 Å².